The monoisotopic (exact) mass is 450 g/mol. The Morgan fingerprint density at radius 1 is 1.06 bits per heavy atom. The number of hydrogen-bond acceptors (Lipinski definition) is 7. The number of nitrogens with zero attached hydrogens (tertiary/aromatic N) is 3. The maximum Gasteiger partial charge on any atom is 0.281 e. The highest BCUT2D eigenvalue weighted by Gasteiger charge is 2.17. The summed E-state index contributed by atoms with van der Waals surface area (Å²) >= 11 is 1.37. The van der Waals surface area contributed by atoms with Crippen LogP contribution in [0.3, 0.4) is 0 Å². The first-order valence-corrected chi connectivity index (χ1v) is 10.6. The minimum atomic E-state index is -0.297. The van der Waals surface area contributed by atoms with Crippen molar-refractivity contribution >= 4 is 33.7 Å². The van der Waals surface area contributed by atoms with E-state index < -0.39 is 0 Å². The molecule has 2 aromatic heterocycles. The van der Waals surface area contributed by atoms with E-state index in [0.717, 1.165) is 21.6 Å². The van der Waals surface area contributed by atoms with Gasteiger partial charge in [-0.05, 0) is 37.3 Å². The molecule has 0 saturated carbocycles. The molecule has 0 fully saturated rings. The summed E-state index contributed by atoms with van der Waals surface area (Å²) in [7, 11) is 4.62. The van der Waals surface area contributed by atoms with E-state index in [4.69, 9.17) is 14.2 Å². The highest BCUT2D eigenvalue weighted by atomic mass is 32.1. The van der Waals surface area contributed by atoms with E-state index in [1.807, 2.05) is 48.0 Å². The van der Waals surface area contributed by atoms with Crippen LogP contribution in [0.25, 0.3) is 15.9 Å². The van der Waals surface area contributed by atoms with Gasteiger partial charge in [0.2, 0.25) is 5.75 Å². The number of hydrazone groups is 1. The molecule has 2 heterocycles. The smallest absolute Gasteiger partial charge is 0.281 e. The highest BCUT2D eigenvalue weighted by molar-refractivity contribution is 7.20. The summed E-state index contributed by atoms with van der Waals surface area (Å²) in [6.45, 7) is 1.93. The Balaban J connectivity index is 1.56. The molecule has 8 nitrogen and oxygen atoms in total. The molecule has 1 N–H and O–H groups in total. The third-order valence-electron chi connectivity index (χ3n) is 4.84. The van der Waals surface area contributed by atoms with Crippen LogP contribution in [0.15, 0.2) is 53.6 Å². The number of hydrogen-bond donors (Lipinski definition) is 1. The van der Waals surface area contributed by atoms with E-state index in [9.17, 15) is 4.79 Å². The summed E-state index contributed by atoms with van der Waals surface area (Å²) in [4.78, 5) is 14.2. The summed E-state index contributed by atoms with van der Waals surface area (Å²) in [6, 6.07) is 15.2. The van der Waals surface area contributed by atoms with E-state index in [-0.39, 0.29) is 5.91 Å². The predicted octanol–water partition coefficient (Wildman–Crippen LogP) is 4.19. The molecule has 0 bridgehead atoms. The minimum Gasteiger partial charge on any atom is -0.493 e. The molecule has 0 spiro atoms. The lowest BCUT2D eigenvalue weighted by Gasteiger charge is -2.12. The van der Waals surface area contributed by atoms with Gasteiger partial charge < -0.3 is 14.2 Å². The van der Waals surface area contributed by atoms with Crippen molar-refractivity contribution in [2.24, 2.45) is 5.10 Å². The number of amides is 1. The molecule has 0 aliphatic carbocycles. The first kappa shape index (κ1) is 21.4. The summed E-state index contributed by atoms with van der Waals surface area (Å²) in [5.41, 5.74) is 5.07. The molecule has 164 valence electrons. The second-order valence-electron chi connectivity index (χ2n) is 6.82. The summed E-state index contributed by atoms with van der Waals surface area (Å²) in [6.07, 6.45) is 1.52. The van der Waals surface area contributed by atoms with E-state index >= 15 is 0 Å². The molecule has 0 aliphatic rings. The van der Waals surface area contributed by atoms with Crippen molar-refractivity contribution in [3.05, 3.63) is 64.7 Å². The van der Waals surface area contributed by atoms with Gasteiger partial charge in [0.05, 0.1) is 43.8 Å². The Morgan fingerprint density at radius 2 is 1.75 bits per heavy atom. The lowest BCUT2D eigenvalue weighted by molar-refractivity contribution is 0.0959. The number of aromatic nitrogens is 2. The Hall–Kier alpha value is -3.85. The third-order valence-corrected chi connectivity index (χ3v) is 5.95. The molecule has 0 unspecified atom stereocenters. The molecule has 1 amide bonds. The standard InChI is InChI=1S/C23H22N4O4S/c1-14-17-12-20(32-23(17)27(26-14)16-8-6-5-7-9-16)22(28)25-24-13-15-10-18(29-2)21(31-4)19(11-15)30-3/h5-13H,1-4H3,(H,25,28)/b24-13+. The first-order chi connectivity index (χ1) is 15.5. The van der Waals surface area contributed by atoms with Gasteiger partial charge in [0.1, 0.15) is 4.83 Å². The lowest BCUT2D eigenvalue weighted by Crippen LogP contribution is -2.16. The van der Waals surface area contributed by atoms with Crippen molar-refractivity contribution in [1.82, 2.24) is 15.2 Å². The van der Waals surface area contributed by atoms with Crippen LogP contribution < -0.4 is 19.6 Å². The molecule has 0 aliphatic heterocycles. The van der Waals surface area contributed by atoms with Crippen molar-refractivity contribution in [3.8, 4) is 22.9 Å². The number of methoxy groups -OCH3 is 3. The number of thiophene rings is 1. The molecular formula is C23H22N4O4S. The number of rotatable bonds is 7. The van der Waals surface area contributed by atoms with Gasteiger partial charge in [0.15, 0.2) is 11.5 Å². The van der Waals surface area contributed by atoms with Crippen molar-refractivity contribution in [2.45, 2.75) is 6.92 Å². The van der Waals surface area contributed by atoms with Gasteiger partial charge in [-0.2, -0.15) is 10.2 Å². The van der Waals surface area contributed by atoms with Crippen LogP contribution in [-0.4, -0.2) is 43.2 Å². The SMILES string of the molecule is COc1cc(/C=N/NC(=O)c2cc3c(C)nn(-c4ccccc4)c3s2)cc(OC)c1OC. The molecule has 2 aromatic carbocycles. The maximum absolute atomic E-state index is 12.7. The number of carbonyl (C=O) groups is 1. The van der Waals surface area contributed by atoms with Crippen LogP contribution in [-0.2, 0) is 0 Å². The normalized spacial score (nSPS) is 11.1. The maximum atomic E-state index is 12.7. The zero-order valence-electron chi connectivity index (χ0n) is 18.1. The van der Waals surface area contributed by atoms with Crippen molar-refractivity contribution < 1.29 is 19.0 Å². The topological polar surface area (TPSA) is 87.0 Å². The fraction of sp³-hybridized carbons (Fsp3) is 0.174. The molecule has 4 rings (SSSR count). The molecule has 32 heavy (non-hydrogen) atoms. The fourth-order valence-electron chi connectivity index (χ4n) is 3.30. The fourth-order valence-corrected chi connectivity index (χ4v) is 4.37. The molecule has 9 heteroatoms. The van der Waals surface area contributed by atoms with Crippen LogP contribution in [0.1, 0.15) is 20.9 Å². The van der Waals surface area contributed by atoms with Crippen LogP contribution in [0.2, 0.25) is 0 Å². The quantitative estimate of drug-likeness (QED) is 0.337. The van der Waals surface area contributed by atoms with E-state index in [1.54, 1.807) is 26.4 Å². The van der Waals surface area contributed by atoms with Crippen LogP contribution >= 0.6 is 11.3 Å². The molecular weight excluding hydrogens is 428 g/mol. The van der Waals surface area contributed by atoms with Gasteiger partial charge in [-0.1, -0.05) is 18.2 Å². The van der Waals surface area contributed by atoms with Crippen LogP contribution in [0, 0.1) is 6.92 Å². The summed E-state index contributed by atoms with van der Waals surface area (Å²) < 4.78 is 17.8. The average molecular weight is 451 g/mol. The van der Waals surface area contributed by atoms with Gasteiger partial charge in [-0.25, -0.2) is 10.1 Å². The molecule has 0 atom stereocenters. The number of ether oxygens (including phenoxy) is 3. The van der Waals surface area contributed by atoms with Crippen LogP contribution in [0.4, 0.5) is 0 Å². The molecule has 0 radical (unpaired) electrons. The number of aryl methyl sites for hydroxylation is 1. The molecule has 0 saturated heterocycles. The number of para-hydroxylation sites is 1. The number of fused-ring (bicyclic) bond motifs is 1. The van der Waals surface area contributed by atoms with Gasteiger partial charge >= 0.3 is 0 Å². The number of nitrogens with one attached hydrogen (secondary N) is 1. The zero-order chi connectivity index (χ0) is 22.7. The summed E-state index contributed by atoms with van der Waals surface area (Å²) in [5.74, 6) is 1.20. The van der Waals surface area contributed by atoms with Gasteiger partial charge in [0, 0.05) is 10.9 Å². The average Bonchev–Trinajstić information content (AvgIpc) is 3.39. The zero-order valence-corrected chi connectivity index (χ0v) is 18.9. The number of carbonyl (C=O) groups excluding carboxylic acids is 1. The third kappa shape index (κ3) is 4.02. The van der Waals surface area contributed by atoms with Crippen molar-refractivity contribution in [3.63, 3.8) is 0 Å². The Morgan fingerprint density at radius 3 is 2.38 bits per heavy atom. The second kappa shape index (κ2) is 9.11. The van der Waals surface area contributed by atoms with Gasteiger partial charge in [0.25, 0.3) is 5.91 Å². The second-order valence-corrected chi connectivity index (χ2v) is 7.85. The minimum absolute atomic E-state index is 0.297. The Bertz CT molecular complexity index is 1270. The van der Waals surface area contributed by atoms with Crippen molar-refractivity contribution in [2.75, 3.05) is 21.3 Å². The largest absolute Gasteiger partial charge is 0.493 e. The van der Waals surface area contributed by atoms with E-state index in [1.165, 1.54) is 24.7 Å². The Labute approximate surface area is 189 Å². The van der Waals surface area contributed by atoms with Gasteiger partial charge in [-0.15, -0.1) is 11.3 Å². The number of benzene rings is 2. The van der Waals surface area contributed by atoms with Gasteiger partial charge in [-0.3, -0.25) is 4.79 Å². The highest BCUT2D eigenvalue weighted by Crippen LogP contribution is 2.37. The summed E-state index contributed by atoms with van der Waals surface area (Å²) in [5, 5.41) is 9.63. The molecule has 4 aromatic rings. The van der Waals surface area contributed by atoms with Crippen molar-refractivity contribution in [1.29, 1.82) is 0 Å². The Kier molecular flexibility index (Phi) is 6.09. The van der Waals surface area contributed by atoms with E-state index in [2.05, 4.69) is 15.6 Å². The van der Waals surface area contributed by atoms with Crippen LogP contribution in [0.5, 0.6) is 17.2 Å². The lowest BCUT2D eigenvalue weighted by atomic mass is 10.2. The predicted molar refractivity (Wildman–Crippen MR) is 125 cm³/mol. The first-order valence-electron chi connectivity index (χ1n) is 9.73. The van der Waals surface area contributed by atoms with E-state index in [0.29, 0.717) is 27.7 Å².